The van der Waals surface area contributed by atoms with Crippen LogP contribution in [0.3, 0.4) is 0 Å². The Bertz CT molecular complexity index is 9400. The van der Waals surface area contributed by atoms with E-state index in [1.807, 2.05) is 18.5 Å². The van der Waals surface area contributed by atoms with E-state index in [2.05, 4.69) is 484 Å². The second kappa shape index (κ2) is 32.6. The van der Waals surface area contributed by atoms with Crippen LogP contribution in [0.5, 0.6) is 0 Å². The largest absolute Gasteiger partial charge is 0.256 e. The first-order valence-electron chi connectivity index (χ1n) is 48.4. The van der Waals surface area contributed by atoms with Gasteiger partial charge in [-0.15, -0.1) is 0 Å². The van der Waals surface area contributed by atoms with E-state index in [0.717, 1.165) is 55.4 Å². The molecule has 28 rings (SSSR count). The van der Waals surface area contributed by atoms with Gasteiger partial charge in [-0.2, -0.15) is 0 Å². The molecule has 139 heavy (non-hydrogen) atoms. The van der Waals surface area contributed by atoms with Gasteiger partial charge >= 0.3 is 0 Å². The molecule has 0 atom stereocenters. The van der Waals surface area contributed by atoms with Crippen molar-refractivity contribution in [1.82, 2.24) is 19.9 Å². The summed E-state index contributed by atoms with van der Waals surface area (Å²) in [5.74, 6) is 0. The molecule has 25 aromatic rings. The molecule has 21 aromatic carbocycles. The summed E-state index contributed by atoms with van der Waals surface area (Å²) >= 11 is 0. The Kier molecular flexibility index (Phi) is 19.3. The summed E-state index contributed by atoms with van der Waals surface area (Å²) in [6.07, 6.45) is 3.81. The highest BCUT2D eigenvalue weighted by Gasteiger charge is 2.39. The number of benzene rings is 21. The minimum Gasteiger partial charge on any atom is -0.256 e. The van der Waals surface area contributed by atoms with Crippen molar-refractivity contribution < 1.29 is 0 Å². The highest BCUT2D eigenvalue weighted by Crippen LogP contribution is 2.57. The van der Waals surface area contributed by atoms with Crippen LogP contribution < -0.4 is 0 Å². The lowest BCUT2D eigenvalue weighted by Crippen LogP contribution is -2.14. The molecule has 654 valence electrons. The van der Waals surface area contributed by atoms with Crippen LogP contribution in [0.4, 0.5) is 0 Å². The minimum absolute atomic E-state index is 0.0271. The highest BCUT2D eigenvalue weighted by molar-refractivity contribution is 6.26. The van der Waals surface area contributed by atoms with E-state index in [4.69, 9.17) is 19.9 Å². The zero-order valence-electron chi connectivity index (χ0n) is 78.2. The number of hydrogen-bond acceptors (Lipinski definition) is 4. The second-order valence-corrected chi connectivity index (χ2v) is 39.2. The molecule has 0 N–H and O–H groups in total. The van der Waals surface area contributed by atoms with Gasteiger partial charge in [-0.1, -0.05) is 424 Å². The van der Waals surface area contributed by atoms with Gasteiger partial charge in [0.2, 0.25) is 0 Å². The van der Waals surface area contributed by atoms with Gasteiger partial charge in [0.1, 0.15) is 0 Å². The van der Waals surface area contributed by atoms with E-state index < -0.39 is 0 Å². The third-order valence-electron chi connectivity index (χ3n) is 30.5. The van der Waals surface area contributed by atoms with Crippen LogP contribution in [0, 0.1) is 0 Å². The summed E-state index contributed by atoms with van der Waals surface area (Å²) in [7, 11) is 0. The zero-order chi connectivity index (χ0) is 92.9. The molecule has 0 saturated carbocycles. The number of rotatable bonds is 9. The van der Waals surface area contributed by atoms with Gasteiger partial charge in [-0.3, -0.25) is 9.97 Å². The summed E-state index contributed by atoms with van der Waals surface area (Å²) in [4.78, 5) is 20.4. The molecule has 4 aromatic heterocycles. The van der Waals surface area contributed by atoms with Crippen LogP contribution in [-0.4, -0.2) is 19.9 Å². The Hall–Kier alpha value is -17.2. The van der Waals surface area contributed by atoms with Crippen molar-refractivity contribution in [2.45, 2.75) is 57.8 Å². The van der Waals surface area contributed by atoms with E-state index in [1.165, 1.54) is 220 Å². The fourth-order valence-corrected chi connectivity index (χ4v) is 23.7. The minimum atomic E-state index is -0.0420. The van der Waals surface area contributed by atoms with Crippen LogP contribution in [-0.2, 0) is 16.2 Å². The van der Waals surface area contributed by atoms with E-state index in [1.54, 1.807) is 0 Å². The monoisotopic (exact) mass is 1770 g/mol. The van der Waals surface area contributed by atoms with Crippen molar-refractivity contribution in [3.63, 3.8) is 0 Å². The van der Waals surface area contributed by atoms with Gasteiger partial charge < -0.3 is 0 Å². The predicted octanol–water partition coefficient (Wildman–Crippen LogP) is 36.1. The first-order valence-corrected chi connectivity index (χ1v) is 48.4. The average Bonchev–Trinajstić information content (AvgIpc) is 1.72. The van der Waals surface area contributed by atoms with Crippen LogP contribution in [0.25, 0.3) is 242 Å². The Labute approximate surface area is 808 Å². The lowest BCUT2D eigenvalue weighted by Gasteiger charge is -2.22. The molecule has 4 heterocycles. The summed E-state index contributed by atoms with van der Waals surface area (Å²) in [6.45, 7) is 14.1. The Morgan fingerprint density at radius 2 is 0.482 bits per heavy atom. The third-order valence-corrected chi connectivity index (χ3v) is 30.5. The Balaban J connectivity index is 0.000000108. The molecule has 0 spiro atoms. The molecule has 0 aliphatic heterocycles. The maximum Gasteiger partial charge on any atom is 0.0972 e. The lowest BCUT2D eigenvalue weighted by molar-refractivity contribution is 0.660. The van der Waals surface area contributed by atoms with Gasteiger partial charge in [-0.25, -0.2) is 9.97 Å². The maximum absolute atomic E-state index is 5.38. The summed E-state index contributed by atoms with van der Waals surface area (Å²) in [5, 5.41) is 20.4. The van der Waals surface area contributed by atoms with Gasteiger partial charge in [0.05, 0.1) is 33.6 Å². The third kappa shape index (κ3) is 13.4. The van der Waals surface area contributed by atoms with E-state index >= 15 is 0 Å². The zero-order valence-corrected chi connectivity index (χ0v) is 78.2. The lowest BCUT2D eigenvalue weighted by atomic mass is 9.81. The topological polar surface area (TPSA) is 51.6 Å². The molecule has 4 heteroatoms. The molecular weight excluding hydrogens is 1680 g/mol. The summed E-state index contributed by atoms with van der Waals surface area (Å²) in [5.41, 5.74) is 40.4. The number of fused-ring (bicyclic) bond motifs is 20. The van der Waals surface area contributed by atoms with Crippen LogP contribution in [0.15, 0.2) is 461 Å². The number of hydrogen-bond donors (Lipinski definition) is 0. The molecule has 0 bridgehead atoms. The van der Waals surface area contributed by atoms with Crippen LogP contribution in [0.2, 0.25) is 0 Å². The van der Waals surface area contributed by atoms with Gasteiger partial charge in [-0.05, 0) is 270 Å². The van der Waals surface area contributed by atoms with Crippen molar-refractivity contribution in [2.24, 2.45) is 0 Å². The highest BCUT2D eigenvalue weighted by atomic mass is 14.8. The molecule has 3 aliphatic carbocycles. The maximum atomic E-state index is 5.38. The molecule has 0 radical (unpaired) electrons. The number of nitrogens with zero attached hydrogens (tertiary/aromatic N) is 4. The van der Waals surface area contributed by atoms with Crippen molar-refractivity contribution >= 4 is 108 Å². The predicted molar refractivity (Wildman–Crippen MR) is 587 cm³/mol. The van der Waals surface area contributed by atoms with E-state index in [-0.39, 0.29) is 16.2 Å². The van der Waals surface area contributed by atoms with Gasteiger partial charge in [0, 0.05) is 66.9 Å². The molecule has 0 saturated heterocycles. The SMILES string of the molecule is CC1(C)c2ccccc2-c2cc(-c3c4ccccc4c(-c4ccc5ccc6cccnc6c5n4)c4ccc(-c5ccccc5)cc34)ccc21.CC1(C)c2ccccc2-c2cc(-c3c4ccccc4c(-c4ccc5ccccc5n4)c4ccc(-c5ccccc5)cc34)ccc21.CC1(C)c2ccccc2-c2cc(-c3c4ccccc4c(-c4nccc5ccccc45)c4ccc(-c5ccccc5)cc34)ccc21. The molecule has 3 aliphatic rings. The van der Waals surface area contributed by atoms with Crippen molar-refractivity contribution in [3.05, 3.63) is 495 Å². The standard InChI is InChI=1S/C47H32N2.2C44H31N/c1-47(2)40-17-9-8-14-34(40)38-28-33(21-24-41(38)47)43-35-15-6-7-16-36(35)44(37-23-20-32(27-39(37)43)29-11-4-3-5-12-29)42-25-22-31-19-18-30-13-10-26-48-45(30)46(31)49-42;1-44(2)38-18-10-9-15-32(38)36-27-31(21-24-39(36)44)42-33-16-7-8-17-34(33)43(41-25-22-29-14-6-11-19-40(29)45-41)35-23-20-30(26-37(35)42)28-12-4-3-5-13-28;1-44(2)39-19-11-10-16-33(39)37-27-31(21-23-40(37)44)41-34-17-8-9-18-35(34)42(43-32-15-7-6-14-29(32)24-25-45-43)36-22-20-30(26-38(36)41)28-12-4-3-5-13-28/h3-28H,1-2H3;2*3-27H,1-2H3. The smallest absolute Gasteiger partial charge is 0.0972 e. The molecular formula is C135H94N4. The van der Waals surface area contributed by atoms with Gasteiger partial charge in [0.25, 0.3) is 0 Å². The molecule has 0 unspecified atom stereocenters. The van der Waals surface area contributed by atoms with Crippen LogP contribution in [0.1, 0.15) is 74.9 Å². The fourth-order valence-electron chi connectivity index (χ4n) is 23.7. The van der Waals surface area contributed by atoms with Crippen molar-refractivity contribution in [3.8, 4) is 134 Å². The molecule has 0 fully saturated rings. The Morgan fingerprint density at radius 1 is 0.165 bits per heavy atom. The summed E-state index contributed by atoms with van der Waals surface area (Å²) in [6, 6.07) is 164. The normalized spacial score (nSPS) is 13.3. The molecule has 4 nitrogen and oxygen atoms in total. The average molecular weight is 1770 g/mol. The van der Waals surface area contributed by atoms with E-state index in [0.29, 0.717) is 0 Å². The first kappa shape index (κ1) is 82.5. The quantitative estimate of drug-likeness (QED) is 0.107. The second-order valence-electron chi connectivity index (χ2n) is 39.2. The number of para-hydroxylation sites is 1. The number of pyridine rings is 4. The van der Waals surface area contributed by atoms with Crippen molar-refractivity contribution in [1.29, 1.82) is 0 Å². The molecule has 0 amide bonds. The van der Waals surface area contributed by atoms with E-state index in [9.17, 15) is 0 Å². The van der Waals surface area contributed by atoms with Gasteiger partial charge in [0.15, 0.2) is 0 Å². The first-order chi connectivity index (χ1) is 68.2. The Morgan fingerprint density at radius 3 is 0.928 bits per heavy atom. The fraction of sp³-hybridized carbons (Fsp3) is 0.0667. The summed E-state index contributed by atoms with van der Waals surface area (Å²) < 4.78 is 0. The number of aromatic nitrogens is 4. The van der Waals surface area contributed by atoms with Crippen molar-refractivity contribution in [2.75, 3.05) is 0 Å². The van der Waals surface area contributed by atoms with Crippen LogP contribution >= 0.6 is 0 Å².